The van der Waals surface area contributed by atoms with Crippen molar-refractivity contribution in [3.05, 3.63) is 22.5 Å². The van der Waals surface area contributed by atoms with Gasteiger partial charge >= 0.3 is 17.6 Å². The second-order valence-corrected chi connectivity index (χ2v) is 9.09. The summed E-state index contributed by atoms with van der Waals surface area (Å²) in [4.78, 5) is 40.4. The van der Waals surface area contributed by atoms with Crippen LogP contribution in [0.15, 0.2) is 11.0 Å². The van der Waals surface area contributed by atoms with Crippen LogP contribution < -0.4 is 22.9 Å². The molecule has 0 amide bonds. The maximum Gasteiger partial charge on any atom is 0.351 e. The fraction of sp³-hybridized carbons (Fsp3) is 0.700. The van der Waals surface area contributed by atoms with Gasteiger partial charge in [0.15, 0.2) is 35.7 Å². The quantitative estimate of drug-likeness (QED) is 0.308. The fourth-order valence-corrected chi connectivity index (χ4v) is 3.43. The Hall–Kier alpha value is -2.35. The molecule has 6 N–H and O–H groups in total. The molecule has 0 unspecified atom stereocenters. The van der Waals surface area contributed by atoms with Gasteiger partial charge in [0.1, 0.15) is 18.7 Å². The largest absolute Gasteiger partial charge is 0.461 e. The van der Waals surface area contributed by atoms with E-state index in [0.717, 1.165) is 0 Å². The van der Waals surface area contributed by atoms with Crippen LogP contribution in [0.5, 0.6) is 0 Å². The molecule has 1 aliphatic rings. The highest BCUT2D eigenvalue weighted by atomic mass is 35.5. The van der Waals surface area contributed by atoms with Gasteiger partial charge in [-0.05, 0) is 11.8 Å². The molecule has 1 aromatic heterocycles. The molecule has 2 heterocycles. The van der Waals surface area contributed by atoms with Crippen molar-refractivity contribution in [3.63, 3.8) is 0 Å². The van der Waals surface area contributed by atoms with Gasteiger partial charge < -0.3 is 31.4 Å². The van der Waals surface area contributed by atoms with Crippen LogP contribution in [-0.4, -0.2) is 63.9 Å². The van der Waals surface area contributed by atoms with Crippen molar-refractivity contribution in [3.8, 4) is 0 Å². The molecule has 0 aliphatic carbocycles. The number of alkyl halides is 2. The smallest absolute Gasteiger partial charge is 0.351 e. The van der Waals surface area contributed by atoms with Crippen molar-refractivity contribution in [2.24, 2.45) is 23.3 Å². The molecule has 6 atom stereocenters. The second-order valence-electron chi connectivity index (χ2n) is 8.82. The minimum absolute atomic E-state index is 0.273. The number of aromatic nitrogens is 2. The number of halogens is 3. The third-order valence-electron chi connectivity index (χ3n) is 5.55. The summed E-state index contributed by atoms with van der Waals surface area (Å²) >= 11 is 6.09. The molecule has 1 fully saturated rings. The standard InChI is InChI=1S/C20H30ClF2N5O6/c1-8(2)12(24)17(29)32-7-20(6-21)14(33-18(30)13(25)9(3)4)11(23)16(34-20)28-5-10(22)15(26)27-19(28)31/h5,8-9,11-14,16H,6-7,24-25H2,1-4H3,(H2,26,27,31)/t11-,12-,13-,14-,16+,20+/m0/s1. The Kier molecular flexibility index (Phi) is 8.97. The number of hydrogen-bond donors (Lipinski definition) is 3. The Morgan fingerprint density at radius 2 is 1.79 bits per heavy atom. The topological polar surface area (TPSA) is 175 Å². The summed E-state index contributed by atoms with van der Waals surface area (Å²) in [6, 6.07) is -2.12. The van der Waals surface area contributed by atoms with E-state index in [1.807, 2.05) is 0 Å². The Labute approximate surface area is 199 Å². The number of carbonyl (C=O) groups is 2. The Balaban J connectivity index is 2.46. The van der Waals surface area contributed by atoms with Gasteiger partial charge in [-0.1, -0.05) is 27.7 Å². The summed E-state index contributed by atoms with van der Waals surface area (Å²) < 4.78 is 46.4. The molecule has 0 spiro atoms. The zero-order chi connectivity index (χ0) is 26.0. The van der Waals surface area contributed by atoms with Gasteiger partial charge in [0.05, 0.1) is 12.1 Å². The van der Waals surface area contributed by atoms with Crippen LogP contribution in [0.4, 0.5) is 14.6 Å². The monoisotopic (exact) mass is 509 g/mol. The third kappa shape index (κ3) is 5.65. The first kappa shape index (κ1) is 27.9. The van der Waals surface area contributed by atoms with Gasteiger partial charge in [0.25, 0.3) is 0 Å². The molecular weight excluding hydrogens is 480 g/mol. The highest BCUT2D eigenvalue weighted by Gasteiger charge is 2.60. The van der Waals surface area contributed by atoms with E-state index in [2.05, 4.69) is 4.98 Å². The summed E-state index contributed by atoms with van der Waals surface area (Å²) in [5.41, 5.74) is 13.8. The normalized spacial score (nSPS) is 26.5. The highest BCUT2D eigenvalue weighted by Crippen LogP contribution is 2.42. The maximum atomic E-state index is 15.7. The van der Waals surface area contributed by atoms with E-state index >= 15 is 4.39 Å². The molecule has 11 nitrogen and oxygen atoms in total. The molecule has 1 saturated heterocycles. The Morgan fingerprint density at radius 3 is 2.32 bits per heavy atom. The van der Waals surface area contributed by atoms with Crippen molar-refractivity contribution in [1.29, 1.82) is 0 Å². The predicted molar refractivity (Wildman–Crippen MR) is 118 cm³/mol. The molecule has 0 bridgehead atoms. The van der Waals surface area contributed by atoms with Gasteiger partial charge in [0.2, 0.25) is 0 Å². The summed E-state index contributed by atoms with van der Waals surface area (Å²) in [5, 5.41) is 0. The number of nitrogens with zero attached hydrogens (tertiary/aromatic N) is 2. The molecule has 192 valence electrons. The van der Waals surface area contributed by atoms with Crippen LogP contribution in [0.1, 0.15) is 33.9 Å². The van der Waals surface area contributed by atoms with E-state index in [4.69, 9.17) is 43.0 Å². The van der Waals surface area contributed by atoms with E-state index in [0.29, 0.717) is 10.8 Å². The number of carbonyl (C=O) groups excluding carboxylic acids is 2. The average molecular weight is 510 g/mol. The number of ether oxygens (including phenoxy) is 3. The van der Waals surface area contributed by atoms with Crippen LogP contribution >= 0.6 is 11.6 Å². The molecule has 1 aromatic rings. The zero-order valence-electron chi connectivity index (χ0n) is 19.2. The van der Waals surface area contributed by atoms with E-state index < -0.39 is 77.9 Å². The molecular formula is C20H30ClF2N5O6. The lowest BCUT2D eigenvalue weighted by Gasteiger charge is -2.32. The molecule has 14 heteroatoms. The Morgan fingerprint density at radius 1 is 1.24 bits per heavy atom. The number of esters is 2. The lowest BCUT2D eigenvalue weighted by molar-refractivity contribution is -0.176. The SMILES string of the molecule is CC(C)[C@H](N)C(=O)OC[C@@]1(CCl)O[C@@H](n2cc(F)c(N)nc2=O)[C@@H](F)[C@@H]1OC(=O)[C@@H](N)C(C)C. The lowest BCUT2D eigenvalue weighted by atomic mass is 9.97. The molecule has 0 radical (unpaired) electrons. The molecule has 34 heavy (non-hydrogen) atoms. The van der Waals surface area contributed by atoms with Gasteiger partial charge in [-0.3, -0.25) is 14.2 Å². The number of nitrogen functional groups attached to an aromatic ring is 1. The van der Waals surface area contributed by atoms with Crippen molar-refractivity contribution in [2.45, 2.75) is 63.9 Å². The first-order valence-corrected chi connectivity index (χ1v) is 11.1. The predicted octanol–water partition coefficient (Wildman–Crippen LogP) is 0.231. The van der Waals surface area contributed by atoms with Crippen molar-refractivity contribution >= 4 is 29.4 Å². The van der Waals surface area contributed by atoms with Crippen molar-refractivity contribution < 1.29 is 32.6 Å². The molecule has 0 saturated carbocycles. The summed E-state index contributed by atoms with van der Waals surface area (Å²) in [6.07, 6.45) is -5.25. The first-order valence-electron chi connectivity index (χ1n) is 10.6. The molecule has 1 aliphatic heterocycles. The minimum atomic E-state index is -2.25. The summed E-state index contributed by atoms with van der Waals surface area (Å²) in [6.45, 7) is 6.01. The first-order chi connectivity index (χ1) is 15.8. The zero-order valence-corrected chi connectivity index (χ0v) is 20.0. The minimum Gasteiger partial charge on any atom is -0.461 e. The van der Waals surface area contributed by atoms with Crippen LogP contribution in [0.2, 0.25) is 0 Å². The van der Waals surface area contributed by atoms with E-state index in [1.165, 1.54) is 0 Å². The van der Waals surface area contributed by atoms with E-state index in [-0.39, 0.29) is 11.8 Å². The number of hydrogen-bond acceptors (Lipinski definition) is 10. The van der Waals surface area contributed by atoms with Gasteiger partial charge in [-0.2, -0.15) is 4.98 Å². The second kappa shape index (κ2) is 10.9. The van der Waals surface area contributed by atoms with Crippen LogP contribution in [0.3, 0.4) is 0 Å². The maximum absolute atomic E-state index is 15.7. The lowest BCUT2D eigenvalue weighted by Crippen LogP contribution is -2.53. The molecule has 2 rings (SSSR count). The highest BCUT2D eigenvalue weighted by molar-refractivity contribution is 6.18. The van der Waals surface area contributed by atoms with E-state index in [1.54, 1.807) is 27.7 Å². The number of rotatable bonds is 9. The average Bonchev–Trinajstić information content (AvgIpc) is 3.05. The van der Waals surface area contributed by atoms with Crippen molar-refractivity contribution in [2.75, 3.05) is 18.2 Å². The fourth-order valence-electron chi connectivity index (χ4n) is 3.13. The van der Waals surface area contributed by atoms with E-state index in [9.17, 15) is 18.8 Å². The van der Waals surface area contributed by atoms with Gasteiger partial charge in [-0.15, -0.1) is 11.6 Å². The van der Waals surface area contributed by atoms with Crippen LogP contribution in [0.25, 0.3) is 0 Å². The number of nitrogens with two attached hydrogens (primary N) is 3. The molecule has 0 aromatic carbocycles. The Bertz CT molecular complexity index is 964. The van der Waals surface area contributed by atoms with Crippen molar-refractivity contribution in [1.82, 2.24) is 9.55 Å². The third-order valence-corrected chi connectivity index (χ3v) is 6.01. The van der Waals surface area contributed by atoms with Crippen LogP contribution in [-0.2, 0) is 23.8 Å². The summed E-state index contributed by atoms with van der Waals surface area (Å²) in [7, 11) is 0. The number of anilines is 1. The summed E-state index contributed by atoms with van der Waals surface area (Å²) in [5.74, 6) is -4.77. The van der Waals surface area contributed by atoms with Crippen LogP contribution in [0, 0.1) is 17.7 Å². The van der Waals surface area contributed by atoms with Gasteiger partial charge in [-0.25, -0.2) is 13.6 Å². The van der Waals surface area contributed by atoms with Gasteiger partial charge in [0, 0.05) is 0 Å².